The molecule has 0 aliphatic heterocycles. The van der Waals surface area contributed by atoms with Gasteiger partial charge in [0.2, 0.25) is 0 Å². The summed E-state index contributed by atoms with van der Waals surface area (Å²) in [7, 11) is 0. The zero-order valence-electron chi connectivity index (χ0n) is 10.2. The summed E-state index contributed by atoms with van der Waals surface area (Å²) >= 11 is 2.98. The quantitative estimate of drug-likeness (QED) is 0.911. The van der Waals surface area contributed by atoms with Gasteiger partial charge in [-0.2, -0.15) is 0 Å². The third kappa shape index (κ3) is 2.98. The second-order valence-corrected chi connectivity index (χ2v) is 4.83. The Balaban J connectivity index is 2.17. The minimum absolute atomic E-state index is 0.0160. The molecule has 20 heavy (non-hydrogen) atoms. The van der Waals surface area contributed by atoms with Crippen molar-refractivity contribution in [1.29, 1.82) is 0 Å². The number of ether oxygens (including phenoxy) is 1. The van der Waals surface area contributed by atoms with Crippen molar-refractivity contribution in [2.24, 2.45) is 0 Å². The van der Waals surface area contributed by atoms with Crippen molar-refractivity contribution in [3.05, 3.63) is 51.4 Å². The predicted octanol–water partition coefficient (Wildman–Crippen LogP) is 3.91. The fraction of sp³-hybridized carbons (Fsp3) is 0.154. The van der Waals surface area contributed by atoms with E-state index in [2.05, 4.69) is 15.9 Å². The highest BCUT2D eigenvalue weighted by atomic mass is 79.9. The predicted molar refractivity (Wildman–Crippen MR) is 68.8 cm³/mol. The van der Waals surface area contributed by atoms with Gasteiger partial charge in [-0.25, -0.2) is 13.6 Å². The molecule has 0 saturated heterocycles. The molecule has 1 aromatic carbocycles. The third-order valence-corrected chi connectivity index (χ3v) is 3.11. The first-order valence-corrected chi connectivity index (χ1v) is 6.27. The molecule has 4 nitrogen and oxygen atoms in total. The summed E-state index contributed by atoms with van der Waals surface area (Å²) in [5.74, 6) is -2.42. The fourth-order valence-corrected chi connectivity index (χ4v) is 2.16. The number of benzene rings is 1. The topological polar surface area (TPSA) is 59.7 Å². The molecule has 0 fully saturated rings. The number of aromatic carboxylic acids is 1. The third-order valence-electron chi connectivity index (χ3n) is 2.52. The number of aryl methyl sites for hydroxylation is 1. The van der Waals surface area contributed by atoms with Gasteiger partial charge < -0.3 is 14.3 Å². The molecule has 1 aromatic heterocycles. The first kappa shape index (κ1) is 14.5. The Hall–Kier alpha value is -1.89. The maximum absolute atomic E-state index is 13.5. The van der Waals surface area contributed by atoms with Crippen molar-refractivity contribution in [2.45, 2.75) is 13.5 Å². The number of hydrogen-bond acceptors (Lipinski definition) is 3. The highest BCUT2D eigenvalue weighted by molar-refractivity contribution is 9.10. The van der Waals surface area contributed by atoms with E-state index in [9.17, 15) is 13.6 Å². The van der Waals surface area contributed by atoms with Crippen molar-refractivity contribution >= 4 is 21.9 Å². The second-order valence-electron chi connectivity index (χ2n) is 3.97. The molecule has 0 bridgehead atoms. The molecule has 0 spiro atoms. The molecule has 0 aliphatic carbocycles. The Morgan fingerprint density at radius 1 is 1.40 bits per heavy atom. The van der Waals surface area contributed by atoms with Crippen molar-refractivity contribution in [3.8, 4) is 5.75 Å². The van der Waals surface area contributed by atoms with Gasteiger partial charge in [0.25, 0.3) is 0 Å². The van der Waals surface area contributed by atoms with Crippen LogP contribution < -0.4 is 4.74 Å². The van der Waals surface area contributed by atoms with E-state index < -0.39 is 17.6 Å². The van der Waals surface area contributed by atoms with Gasteiger partial charge in [-0.1, -0.05) is 0 Å². The molecule has 0 radical (unpaired) electrons. The smallest absolute Gasteiger partial charge is 0.339 e. The lowest BCUT2D eigenvalue weighted by molar-refractivity contribution is 0.0695. The van der Waals surface area contributed by atoms with Crippen LogP contribution in [0.1, 0.15) is 21.9 Å². The molecule has 0 saturated carbocycles. The minimum atomic E-state index is -1.12. The molecule has 0 aliphatic rings. The lowest BCUT2D eigenvalue weighted by Crippen LogP contribution is -1.98. The molecule has 2 rings (SSSR count). The highest BCUT2D eigenvalue weighted by Crippen LogP contribution is 2.30. The van der Waals surface area contributed by atoms with E-state index in [0.717, 1.165) is 6.07 Å². The summed E-state index contributed by atoms with van der Waals surface area (Å²) < 4.78 is 36.9. The zero-order valence-corrected chi connectivity index (χ0v) is 11.8. The van der Waals surface area contributed by atoms with E-state index in [1.165, 1.54) is 13.0 Å². The van der Waals surface area contributed by atoms with Crippen LogP contribution in [0.4, 0.5) is 8.78 Å². The number of furan rings is 1. The van der Waals surface area contributed by atoms with E-state index in [-0.39, 0.29) is 33.9 Å². The summed E-state index contributed by atoms with van der Waals surface area (Å²) in [6, 6.07) is 3.05. The maximum atomic E-state index is 13.5. The van der Waals surface area contributed by atoms with Gasteiger partial charge in [0.1, 0.15) is 29.5 Å². The standard InChI is InChI=1S/C13H9BrF2O4/c1-6-9(13(17)18)4-8(20-6)5-19-12-10(14)2-7(15)3-11(12)16/h2-4H,5H2,1H3,(H,17,18). The number of hydrogen-bond donors (Lipinski definition) is 1. The number of carbonyl (C=O) groups is 1. The van der Waals surface area contributed by atoms with Gasteiger partial charge in [0, 0.05) is 6.07 Å². The summed E-state index contributed by atoms with van der Waals surface area (Å²) in [6.07, 6.45) is 0. The zero-order chi connectivity index (χ0) is 14.9. The molecule has 7 heteroatoms. The second kappa shape index (κ2) is 5.62. The van der Waals surface area contributed by atoms with Crippen LogP contribution in [0.3, 0.4) is 0 Å². The first-order chi connectivity index (χ1) is 9.38. The maximum Gasteiger partial charge on any atom is 0.339 e. The summed E-state index contributed by atoms with van der Waals surface area (Å²) in [5, 5.41) is 8.87. The van der Waals surface area contributed by atoms with Crippen molar-refractivity contribution in [1.82, 2.24) is 0 Å². The number of carboxylic acid groups (broad SMARTS) is 1. The van der Waals surface area contributed by atoms with Crippen molar-refractivity contribution < 1.29 is 27.8 Å². The lowest BCUT2D eigenvalue weighted by Gasteiger charge is -2.07. The van der Waals surface area contributed by atoms with Crippen LogP contribution in [0, 0.1) is 18.6 Å². The molecular weight excluding hydrogens is 338 g/mol. The Morgan fingerprint density at radius 2 is 2.10 bits per heavy atom. The summed E-state index contributed by atoms with van der Waals surface area (Å²) in [4.78, 5) is 10.8. The number of carboxylic acids is 1. The molecule has 106 valence electrons. The Labute approximate surface area is 121 Å². The molecule has 0 unspecified atom stereocenters. The van der Waals surface area contributed by atoms with Crippen LogP contribution in [0.25, 0.3) is 0 Å². The van der Waals surface area contributed by atoms with E-state index in [1.54, 1.807) is 0 Å². The minimum Gasteiger partial charge on any atom is -0.481 e. The molecule has 1 N–H and O–H groups in total. The first-order valence-electron chi connectivity index (χ1n) is 5.48. The van der Waals surface area contributed by atoms with Gasteiger partial charge >= 0.3 is 5.97 Å². The monoisotopic (exact) mass is 346 g/mol. The highest BCUT2D eigenvalue weighted by Gasteiger charge is 2.16. The van der Waals surface area contributed by atoms with Gasteiger partial charge in [0.15, 0.2) is 11.6 Å². The average Bonchev–Trinajstić information content (AvgIpc) is 2.69. The van der Waals surface area contributed by atoms with Crippen molar-refractivity contribution in [3.63, 3.8) is 0 Å². The number of halogens is 3. The van der Waals surface area contributed by atoms with Crippen LogP contribution >= 0.6 is 15.9 Å². The van der Waals surface area contributed by atoms with Gasteiger partial charge in [-0.3, -0.25) is 0 Å². The number of rotatable bonds is 4. The van der Waals surface area contributed by atoms with Crippen LogP contribution in [0.15, 0.2) is 27.1 Å². The van der Waals surface area contributed by atoms with E-state index in [4.69, 9.17) is 14.3 Å². The van der Waals surface area contributed by atoms with E-state index in [0.29, 0.717) is 6.07 Å². The van der Waals surface area contributed by atoms with Gasteiger partial charge in [-0.15, -0.1) is 0 Å². The SMILES string of the molecule is Cc1oc(COc2c(F)cc(F)cc2Br)cc1C(=O)O. The average molecular weight is 347 g/mol. The van der Waals surface area contributed by atoms with Crippen molar-refractivity contribution in [2.75, 3.05) is 0 Å². The van der Waals surface area contributed by atoms with E-state index in [1.807, 2.05) is 0 Å². The summed E-state index contributed by atoms with van der Waals surface area (Å²) in [5.41, 5.74) is 0.0160. The normalized spacial score (nSPS) is 10.6. The van der Waals surface area contributed by atoms with E-state index >= 15 is 0 Å². The largest absolute Gasteiger partial charge is 0.481 e. The Bertz CT molecular complexity index is 643. The molecule has 2 aromatic rings. The van der Waals surface area contributed by atoms with Crippen LogP contribution in [0.2, 0.25) is 0 Å². The molecule has 0 atom stereocenters. The van der Waals surface area contributed by atoms with Crippen LogP contribution in [0.5, 0.6) is 5.75 Å². The van der Waals surface area contributed by atoms with Crippen LogP contribution in [-0.2, 0) is 6.61 Å². The lowest BCUT2D eigenvalue weighted by atomic mass is 10.2. The van der Waals surface area contributed by atoms with Gasteiger partial charge in [0.05, 0.1) is 4.47 Å². The Kier molecular flexibility index (Phi) is 4.08. The molecule has 0 amide bonds. The molecule has 1 heterocycles. The molecular formula is C13H9BrF2O4. The fourth-order valence-electron chi connectivity index (χ4n) is 1.64. The van der Waals surface area contributed by atoms with Gasteiger partial charge in [-0.05, 0) is 35.0 Å². The Morgan fingerprint density at radius 3 is 2.65 bits per heavy atom. The summed E-state index contributed by atoms with van der Waals surface area (Å²) in [6.45, 7) is 1.33. The van der Waals surface area contributed by atoms with Crippen LogP contribution in [-0.4, -0.2) is 11.1 Å².